The predicted octanol–water partition coefficient (Wildman–Crippen LogP) is 5.05. The summed E-state index contributed by atoms with van der Waals surface area (Å²) in [5.41, 5.74) is 1.12. The minimum absolute atomic E-state index is 0.0378. The van der Waals surface area contributed by atoms with Crippen LogP contribution in [-0.4, -0.2) is 23.7 Å². The molecule has 0 fully saturated rings. The number of carboxylic acid groups (broad SMARTS) is 1. The highest BCUT2D eigenvalue weighted by molar-refractivity contribution is 6.31. The molecule has 0 saturated carbocycles. The molecule has 0 heterocycles. The van der Waals surface area contributed by atoms with E-state index in [0.29, 0.717) is 40.7 Å². The van der Waals surface area contributed by atoms with Crippen LogP contribution in [0.1, 0.15) is 38.3 Å². The van der Waals surface area contributed by atoms with Crippen LogP contribution >= 0.6 is 11.6 Å². The molecule has 2 aromatic carbocycles. The largest absolute Gasteiger partial charge is 0.490 e. The smallest absolute Gasteiger partial charge is 0.320 e. The lowest BCUT2D eigenvalue weighted by Gasteiger charge is -2.19. The van der Waals surface area contributed by atoms with Crippen molar-refractivity contribution < 1.29 is 23.8 Å². The van der Waals surface area contributed by atoms with E-state index in [4.69, 9.17) is 21.1 Å². The van der Waals surface area contributed by atoms with Crippen LogP contribution in [0, 0.1) is 11.7 Å². The van der Waals surface area contributed by atoms with Crippen LogP contribution in [-0.2, 0) is 17.9 Å². The van der Waals surface area contributed by atoms with Crippen LogP contribution in [0.15, 0.2) is 36.4 Å². The average molecular weight is 424 g/mol. The zero-order chi connectivity index (χ0) is 21.4. The first-order chi connectivity index (χ1) is 13.8. The molecule has 2 aromatic rings. The summed E-state index contributed by atoms with van der Waals surface area (Å²) in [6, 6.07) is 9.05. The van der Waals surface area contributed by atoms with E-state index < -0.39 is 12.0 Å². The molecule has 0 amide bonds. The highest BCUT2D eigenvalue weighted by atomic mass is 35.5. The molecule has 0 aromatic heterocycles. The second-order valence-electron chi connectivity index (χ2n) is 7.10. The standard InChI is InChI=1S/C22H27ClFNO4/c1-4-28-20-10-16(12-25-19(22(26)27)9-14(2)3)17(23)11-21(20)29-13-15-7-5-6-8-18(15)24/h5-8,10-11,14,19,25H,4,9,12-13H2,1-3H3,(H,26,27). The molecule has 0 aliphatic carbocycles. The SMILES string of the molecule is CCOc1cc(CNC(CC(C)C)C(=O)O)c(Cl)cc1OCc1ccccc1F. The van der Waals surface area contributed by atoms with Gasteiger partial charge in [0.2, 0.25) is 0 Å². The second kappa shape index (κ2) is 11.0. The van der Waals surface area contributed by atoms with Gasteiger partial charge in [0.15, 0.2) is 11.5 Å². The molecule has 0 aliphatic heterocycles. The summed E-state index contributed by atoms with van der Waals surface area (Å²) < 4.78 is 25.2. The Bertz CT molecular complexity index is 828. The predicted molar refractivity (Wildman–Crippen MR) is 111 cm³/mol. The third-order valence-corrected chi connectivity index (χ3v) is 4.65. The summed E-state index contributed by atoms with van der Waals surface area (Å²) >= 11 is 6.39. The summed E-state index contributed by atoms with van der Waals surface area (Å²) in [7, 11) is 0. The van der Waals surface area contributed by atoms with Crippen molar-refractivity contribution in [3.05, 3.63) is 58.4 Å². The van der Waals surface area contributed by atoms with E-state index in [1.807, 2.05) is 20.8 Å². The molecule has 1 atom stereocenters. The topological polar surface area (TPSA) is 67.8 Å². The Labute approximate surface area is 175 Å². The van der Waals surface area contributed by atoms with Gasteiger partial charge in [0.25, 0.3) is 0 Å². The van der Waals surface area contributed by atoms with Crippen molar-refractivity contribution in [3.63, 3.8) is 0 Å². The number of hydrogen-bond acceptors (Lipinski definition) is 4. The Hall–Kier alpha value is -2.31. The summed E-state index contributed by atoms with van der Waals surface area (Å²) in [5.74, 6) is -0.124. The summed E-state index contributed by atoms with van der Waals surface area (Å²) in [6.07, 6.45) is 0.509. The third kappa shape index (κ3) is 6.91. The Morgan fingerprint density at radius 3 is 2.48 bits per heavy atom. The van der Waals surface area contributed by atoms with Gasteiger partial charge in [0, 0.05) is 23.2 Å². The van der Waals surface area contributed by atoms with Crippen LogP contribution in [0.2, 0.25) is 5.02 Å². The minimum Gasteiger partial charge on any atom is -0.490 e. The number of rotatable bonds is 11. The number of hydrogen-bond donors (Lipinski definition) is 2. The fraction of sp³-hybridized carbons (Fsp3) is 0.409. The third-order valence-electron chi connectivity index (χ3n) is 4.30. The lowest BCUT2D eigenvalue weighted by Crippen LogP contribution is -2.37. The first-order valence-electron chi connectivity index (χ1n) is 9.59. The molecule has 7 heteroatoms. The zero-order valence-corrected chi connectivity index (χ0v) is 17.6. The molecule has 158 valence electrons. The molecule has 29 heavy (non-hydrogen) atoms. The van der Waals surface area contributed by atoms with Crippen molar-refractivity contribution in [2.45, 2.75) is 46.4 Å². The average Bonchev–Trinajstić information content (AvgIpc) is 2.66. The van der Waals surface area contributed by atoms with E-state index in [9.17, 15) is 14.3 Å². The molecule has 2 rings (SSSR count). The highest BCUT2D eigenvalue weighted by Crippen LogP contribution is 2.34. The highest BCUT2D eigenvalue weighted by Gasteiger charge is 2.19. The summed E-state index contributed by atoms with van der Waals surface area (Å²) in [4.78, 5) is 11.4. The summed E-state index contributed by atoms with van der Waals surface area (Å²) in [5, 5.41) is 12.8. The van der Waals surface area contributed by atoms with Crippen LogP contribution in [0.25, 0.3) is 0 Å². The normalized spacial score (nSPS) is 12.1. The molecule has 1 unspecified atom stereocenters. The lowest BCUT2D eigenvalue weighted by atomic mass is 10.0. The first kappa shape index (κ1) is 23.0. The van der Waals surface area contributed by atoms with E-state index in [1.54, 1.807) is 30.3 Å². The van der Waals surface area contributed by atoms with Crippen LogP contribution in [0.3, 0.4) is 0 Å². The first-order valence-corrected chi connectivity index (χ1v) is 9.97. The zero-order valence-electron chi connectivity index (χ0n) is 16.9. The fourth-order valence-electron chi connectivity index (χ4n) is 2.84. The van der Waals surface area contributed by atoms with Crippen LogP contribution in [0.4, 0.5) is 4.39 Å². The quantitative estimate of drug-likeness (QED) is 0.529. The maximum Gasteiger partial charge on any atom is 0.320 e. The molecule has 0 aliphatic rings. The van der Waals surface area contributed by atoms with E-state index in [1.165, 1.54) is 6.07 Å². The number of aliphatic carboxylic acids is 1. The maximum absolute atomic E-state index is 13.8. The number of carbonyl (C=O) groups is 1. The Balaban J connectivity index is 2.16. The molecule has 0 spiro atoms. The monoisotopic (exact) mass is 423 g/mol. The van der Waals surface area contributed by atoms with Crippen molar-refractivity contribution in [1.82, 2.24) is 5.32 Å². The number of nitrogens with one attached hydrogen (secondary N) is 1. The Morgan fingerprint density at radius 2 is 1.86 bits per heavy atom. The summed E-state index contributed by atoms with van der Waals surface area (Å²) in [6.45, 7) is 6.51. The van der Waals surface area contributed by atoms with Gasteiger partial charge in [-0.15, -0.1) is 0 Å². The van der Waals surface area contributed by atoms with Crippen LogP contribution in [0.5, 0.6) is 11.5 Å². The Kier molecular flexibility index (Phi) is 8.73. The number of benzene rings is 2. The maximum atomic E-state index is 13.8. The number of ether oxygens (including phenoxy) is 2. The second-order valence-corrected chi connectivity index (χ2v) is 7.51. The van der Waals surface area contributed by atoms with Gasteiger partial charge in [0.1, 0.15) is 18.5 Å². The van der Waals surface area contributed by atoms with E-state index in [2.05, 4.69) is 5.32 Å². The van der Waals surface area contributed by atoms with E-state index >= 15 is 0 Å². The molecular weight excluding hydrogens is 397 g/mol. The van der Waals surface area contributed by atoms with Gasteiger partial charge >= 0.3 is 5.97 Å². The van der Waals surface area contributed by atoms with Gasteiger partial charge in [-0.25, -0.2) is 4.39 Å². The van der Waals surface area contributed by atoms with Crippen molar-refractivity contribution in [2.24, 2.45) is 5.92 Å². The molecule has 0 bridgehead atoms. The van der Waals surface area contributed by atoms with Gasteiger partial charge in [0.05, 0.1) is 6.61 Å². The molecule has 0 saturated heterocycles. The van der Waals surface area contributed by atoms with Gasteiger partial charge in [-0.1, -0.05) is 43.6 Å². The fourth-order valence-corrected chi connectivity index (χ4v) is 3.06. The van der Waals surface area contributed by atoms with E-state index in [0.717, 1.165) is 0 Å². The van der Waals surface area contributed by atoms with Crippen molar-refractivity contribution in [3.8, 4) is 11.5 Å². The molecular formula is C22H27ClFNO4. The van der Waals surface area contributed by atoms with Gasteiger partial charge in [-0.05, 0) is 37.0 Å². The molecule has 0 radical (unpaired) electrons. The van der Waals surface area contributed by atoms with E-state index in [-0.39, 0.29) is 24.9 Å². The lowest BCUT2D eigenvalue weighted by molar-refractivity contribution is -0.140. The number of carboxylic acids is 1. The Morgan fingerprint density at radius 1 is 1.17 bits per heavy atom. The minimum atomic E-state index is -0.898. The molecule has 5 nitrogen and oxygen atoms in total. The van der Waals surface area contributed by atoms with Gasteiger partial charge in [-0.3, -0.25) is 4.79 Å². The van der Waals surface area contributed by atoms with Gasteiger partial charge in [-0.2, -0.15) is 0 Å². The van der Waals surface area contributed by atoms with Gasteiger partial charge < -0.3 is 19.9 Å². The molecule has 2 N–H and O–H groups in total. The number of halogens is 2. The van der Waals surface area contributed by atoms with Crippen molar-refractivity contribution in [2.75, 3.05) is 6.61 Å². The van der Waals surface area contributed by atoms with Crippen LogP contribution < -0.4 is 14.8 Å². The van der Waals surface area contributed by atoms with Crippen molar-refractivity contribution in [1.29, 1.82) is 0 Å². The van der Waals surface area contributed by atoms with Crippen molar-refractivity contribution >= 4 is 17.6 Å².